The summed E-state index contributed by atoms with van der Waals surface area (Å²) in [6.07, 6.45) is 3.29. The molecule has 0 fully saturated rings. The second-order valence-corrected chi connectivity index (χ2v) is 2.29. The van der Waals surface area contributed by atoms with Crippen LogP contribution in [-0.4, -0.2) is 17.9 Å². The highest BCUT2D eigenvalue weighted by molar-refractivity contribution is 5.77. The van der Waals surface area contributed by atoms with Crippen LogP contribution in [0.1, 0.15) is 11.3 Å². The molecule has 0 amide bonds. The van der Waals surface area contributed by atoms with Gasteiger partial charge in [-0.1, -0.05) is 5.16 Å². The van der Waals surface area contributed by atoms with Crippen molar-refractivity contribution in [2.75, 3.05) is 7.11 Å². The molecule has 0 aliphatic rings. The Morgan fingerprint density at radius 2 is 2.50 bits per heavy atom. The van der Waals surface area contributed by atoms with Crippen LogP contribution >= 0.6 is 0 Å². The zero-order valence-corrected chi connectivity index (χ0v) is 6.98. The Kier molecular flexibility index (Phi) is 2.49. The molecular weight excluding hydrogens is 154 g/mol. The molecule has 1 aromatic rings. The van der Waals surface area contributed by atoms with E-state index in [4.69, 9.17) is 5.26 Å². The van der Waals surface area contributed by atoms with Gasteiger partial charge >= 0.3 is 0 Å². The van der Waals surface area contributed by atoms with Gasteiger partial charge in [0.2, 0.25) is 0 Å². The summed E-state index contributed by atoms with van der Waals surface area (Å²) >= 11 is 0. The molecule has 0 aliphatic heterocycles. The van der Waals surface area contributed by atoms with Gasteiger partial charge in [0, 0.05) is 13.2 Å². The quantitative estimate of drug-likeness (QED) is 0.480. The summed E-state index contributed by atoms with van der Waals surface area (Å²) in [6, 6.07) is 3.78. The van der Waals surface area contributed by atoms with Crippen molar-refractivity contribution in [1.82, 2.24) is 4.57 Å². The Hall–Kier alpha value is -1.76. The minimum Gasteiger partial charge on any atom is -0.399 e. The third kappa shape index (κ3) is 1.64. The van der Waals surface area contributed by atoms with E-state index in [1.165, 1.54) is 7.11 Å². The molecule has 4 nitrogen and oxygen atoms in total. The highest BCUT2D eigenvalue weighted by Gasteiger charge is 1.98. The number of nitrogens with zero attached hydrogens (tertiary/aromatic N) is 3. The first kappa shape index (κ1) is 8.34. The molecule has 62 valence electrons. The Labute approximate surface area is 70.7 Å². The summed E-state index contributed by atoms with van der Waals surface area (Å²) in [5.41, 5.74) is 1.46. The number of hydrogen-bond acceptors (Lipinski definition) is 3. The van der Waals surface area contributed by atoms with Crippen molar-refractivity contribution in [2.45, 2.75) is 0 Å². The van der Waals surface area contributed by atoms with Crippen molar-refractivity contribution in [3.63, 3.8) is 0 Å². The van der Waals surface area contributed by atoms with Gasteiger partial charge < -0.3 is 9.40 Å². The molecule has 0 N–H and O–H groups in total. The number of nitriles is 1. The minimum absolute atomic E-state index is 0.620. The predicted molar refractivity (Wildman–Crippen MR) is 44.7 cm³/mol. The Bertz CT molecular complexity index is 333. The van der Waals surface area contributed by atoms with Crippen molar-refractivity contribution >= 4 is 6.21 Å². The smallest absolute Gasteiger partial charge is 0.106 e. The molecule has 0 saturated carbocycles. The van der Waals surface area contributed by atoms with E-state index in [-0.39, 0.29) is 0 Å². The normalized spacial score (nSPS) is 10.1. The van der Waals surface area contributed by atoms with Gasteiger partial charge in [0.25, 0.3) is 0 Å². The molecule has 1 heterocycles. The first-order valence-corrected chi connectivity index (χ1v) is 3.41. The third-order valence-electron chi connectivity index (χ3n) is 1.46. The van der Waals surface area contributed by atoms with E-state index in [0.29, 0.717) is 5.56 Å². The Morgan fingerprint density at radius 3 is 3.00 bits per heavy atom. The van der Waals surface area contributed by atoms with Gasteiger partial charge in [0.05, 0.1) is 17.5 Å². The van der Waals surface area contributed by atoms with Crippen molar-refractivity contribution in [2.24, 2.45) is 12.2 Å². The van der Waals surface area contributed by atoms with Crippen molar-refractivity contribution < 1.29 is 4.84 Å². The first-order valence-electron chi connectivity index (χ1n) is 3.41. The molecule has 0 unspecified atom stereocenters. The molecule has 1 rings (SSSR count). The molecule has 12 heavy (non-hydrogen) atoms. The van der Waals surface area contributed by atoms with E-state index in [1.807, 2.05) is 13.1 Å². The summed E-state index contributed by atoms with van der Waals surface area (Å²) < 4.78 is 1.81. The van der Waals surface area contributed by atoms with Gasteiger partial charge in [0.1, 0.15) is 13.2 Å². The lowest BCUT2D eigenvalue weighted by molar-refractivity contribution is 0.215. The van der Waals surface area contributed by atoms with Crippen LogP contribution in [0, 0.1) is 11.3 Å². The zero-order valence-electron chi connectivity index (χ0n) is 6.98. The van der Waals surface area contributed by atoms with E-state index in [0.717, 1.165) is 5.69 Å². The zero-order chi connectivity index (χ0) is 8.97. The van der Waals surface area contributed by atoms with Gasteiger partial charge in [-0.25, -0.2) is 0 Å². The summed E-state index contributed by atoms with van der Waals surface area (Å²) in [4.78, 5) is 4.52. The number of oxime groups is 1. The van der Waals surface area contributed by atoms with Crippen LogP contribution < -0.4 is 0 Å². The molecule has 0 radical (unpaired) electrons. The topological polar surface area (TPSA) is 50.3 Å². The number of hydrogen-bond donors (Lipinski definition) is 0. The molecule has 0 aliphatic carbocycles. The highest BCUT2D eigenvalue weighted by atomic mass is 16.6. The Morgan fingerprint density at radius 1 is 1.75 bits per heavy atom. The maximum absolute atomic E-state index is 8.56. The van der Waals surface area contributed by atoms with Crippen LogP contribution in [0.5, 0.6) is 0 Å². The molecule has 0 bridgehead atoms. The van der Waals surface area contributed by atoms with E-state index >= 15 is 0 Å². The fourth-order valence-electron chi connectivity index (χ4n) is 0.878. The first-order chi connectivity index (χ1) is 5.77. The van der Waals surface area contributed by atoms with Crippen LogP contribution in [0.25, 0.3) is 0 Å². The van der Waals surface area contributed by atoms with Crippen LogP contribution in [0.15, 0.2) is 17.4 Å². The van der Waals surface area contributed by atoms with Crippen LogP contribution in [0.4, 0.5) is 0 Å². The molecule has 0 aromatic carbocycles. The second kappa shape index (κ2) is 3.58. The summed E-state index contributed by atoms with van der Waals surface area (Å²) in [5, 5.41) is 12.2. The molecule has 0 spiro atoms. The van der Waals surface area contributed by atoms with E-state index in [9.17, 15) is 0 Å². The van der Waals surface area contributed by atoms with E-state index in [1.54, 1.807) is 23.0 Å². The lowest BCUT2D eigenvalue weighted by atomic mass is 10.3. The Balaban J connectivity index is 2.94. The van der Waals surface area contributed by atoms with E-state index < -0.39 is 0 Å². The lowest BCUT2D eigenvalue weighted by Gasteiger charge is -1.92. The van der Waals surface area contributed by atoms with Gasteiger partial charge in [-0.05, 0) is 6.07 Å². The molecule has 1 aromatic heterocycles. The summed E-state index contributed by atoms with van der Waals surface area (Å²) in [7, 11) is 3.32. The fourth-order valence-corrected chi connectivity index (χ4v) is 0.878. The largest absolute Gasteiger partial charge is 0.399 e. The SMILES string of the molecule is CON=Cc1cc(C#N)cn1C. The van der Waals surface area contributed by atoms with Crippen LogP contribution in [0.2, 0.25) is 0 Å². The number of aryl methyl sites for hydroxylation is 1. The third-order valence-corrected chi connectivity index (χ3v) is 1.46. The molecule has 0 saturated heterocycles. The van der Waals surface area contributed by atoms with Crippen molar-refractivity contribution in [1.29, 1.82) is 5.26 Å². The lowest BCUT2D eigenvalue weighted by Crippen LogP contribution is -1.92. The second-order valence-electron chi connectivity index (χ2n) is 2.29. The van der Waals surface area contributed by atoms with Gasteiger partial charge in [-0.15, -0.1) is 0 Å². The highest BCUT2D eigenvalue weighted by Crippen LogP contribution is 2.03. The number of aromatic nitrogens is 1. The van der Waals surface area contributed by atoms with Crippen molar-refractivity contribution in [3.8, 4) is 6.07 Å². The van der Waals surface area contributed by atoms with Crippen LogP contribution in [0.3, 0.4) is 0 Å². The molecule has 0 atom stereocenters. The predicted octanol–water partition coefficient (Wildman–Crippen LogP) is 0.877. The van der Waals surface area contributed by atoms with E-state index in [2.05, 4.69) is 9.99 Å². The van der Waals surface area contributed by atoms with Gasteiger partial charge in [-0.2, -0.15) is 5.26 Å². The molecule has 4 heteroatoms. The van der Waals surface area contributed by atoms with Crippen LogP contribution in [-0.2, 0) is 11.9 Å². The standard InChI is InChI=1S/C8H9N3O/c1-11-6-7(4-9)3-8(11)5-10-12-2/h3,5-6H,1-2H3. The number of rotatable bonds is 2. The average molecular weight is 163 g/mol. The summed E-state index contributed by atoms with van der Waals surface area (Å²) in [5.74, 6) is 0. The summed E-state index contributed by atoms with van der Waals surface area (Å²) in [6.45, 7) is 0. The monoisotopic (exact) mass is 163 g/mol. The minimum atomic E-state index is 0.620. The van der Waals surface area contributed by atoms with Gasteiger partial charge in [0.15, 0.2) is 0 Å². The fraction of sp³-hybridized carbons (Fsp3) is 0.250. The average Bonchev–Trinajstić information content (AvgIpc) is 2.43. The van der Waals surface area contributed by atoms with Crippen molar-refractivity contribution in [3.05, 3.63) is 23.5 Å². The maximum Gasteiger partial charge on any atom is 0.106 e. The maximum atomic E-state index is 8.56. The molecular formula is C8H9N3O. The van der Waals surface area contributed by atoms with Gasteiger partial charge in [-0.3, -0.25) is 0 Å².